The molecule has 0 N–H and O–H groups in total. The molecule has 2 atom stereocenters. The van der Waals surface area contributed by atoms with E-state index in [-0.39, 0.29) is 18.4 Å². The molecule has 1 aromatic heterocycles. The summed E-state index contributed by atoms with van der Waals surface area (Å²) in [5.74, 6) is 1.15. The molecule has 2 heterocycles. The second kappa shape index (κ2) is 10.9. The Morgan fingerprint density at radius 1 is 1.06 bits per heavy atom. The van der Waals surface area contributed by atoms with Gasteiger partial charge >= 0.3 is 5.97 Å². The van der Waals surface area contributed by atoms with Crippen LogP contribution in [-0.2, 0) is 15.9 Å². The van der Waals surface area contributed by atoms with Gasteiger partial charge in [0.05, 0.1) is 18.3 Å². The Labute approximate surface area is 188 Å². The maximum absolute atomic E-state index is 12.1. The van der Waals surface area contributed by atoms with Crippen LogP contribution in [0.25, 0.3) is 11.4 Å². The molecule has 6 heteroatoms. The molecule has 2 aromatic carbocycles. The first-order valence-electron chi connectivity index (χ1n) is 11.1. The Morgan fingerprint density at radius 3 is 2.50 bits per heavy atom. The van der Waals surface area contributed by atoms with E-state index in [9.17, 15) is 4.79 Å². The van der Waals surface area contributed by atoms with Crippen LogP contribution in [0, 0.1) is 0 Å². The van der Waals surface area contributed by atoms with Crippen LogP contribution in [0.5, 0.6) is 5.75 Å². The number of carbonyl (C=O) groups is 1. The Bertz CT molecular complexity index is 985. The summed E-state index contributed by atoms with van der Waals surface area (Å²) in [6.45, 7) is 2.66. The van der Waals surface area contributed by atoms with Crippen LogP contribution in [0.3, 0.4) is 0 Å². The standard InChI is InChI=1S/C26H28N2O4/c1-19(31-26(29)22-7-3-2-4-8-22)10-11-20-17-27-25(28-18-20)21-12-14-23(15-13-21)32-24-9-5-6-16-30-24/h2-4,7-8,12-15,17-19,24H,5-6,9-11,16H2,1H3. The van der Waals surface area contributed by atoms with Crippen LogP contribution in [0.1, 0.15) is 48.5 Å². The van der Waals surface area contributed by atoms with Crippen LogP contribution in [0.2, 0.25) is 0 Å². The molecule has 0 saturated carbocycles. The molecule has 3 aromatic rings. The van der Waals surface area contributed by atoms with Crippen molar-refractivity contribution in [2.75, 3.05) is 6.61 Å². The van der Waals surface area contributed by atoms with Crippen LogP contribution in [-0.4, -0.2) is 34.9 Å². The summed E-state index contributed by atoms with van der Waals surface area (Å²) >= 11 is 0. The lowest BCUT2D eigenvalue weighted by Crippen LogP contribution is -2.24. The summed E-state index contributed by atoms with van der Waals surface area (Å²) in [4.78, 5) is 21.1. The van der Waals surface area contributed by atoms with Gasteiger partial charge in [0.15, 0.2) is 12.1 Å². The molecule has 32 heavy (non-hydrogen) atoms. The molecule has 1 saturated heterocycles. The van der Waals surface area contributed by atoms with E-state index in [2.05, 4.69) is 9.97 Å². The van der Waals surface area contributed by atoms with Crippen LogP contribution in [0.4, 0.5) is 0 Å². The van der Waals surface area contributed by atoms with Crippen LogP contribution < -0.4 is 4.74 Å². The molecule has 0 bridgehead atoms. The first-order valence-corrected chi connectivity index (χ1v) is 11.1. The fourth-order valence-corrected chi connectivity index (χ4v) is 3.53. The van der Waals surface area contributed by atoms with Crippen LogP contribution in [0.15, 0.2) is 67.0 Å². The lowest BCUT2D eigenvalue weighted by Gasteiger charge is -2.23. The van der Waals surface area contributed by atoms with Crippen molar-refractivity contribution >= 4 is 5.97 Å². The second-order valence-electron chi connectivity index (χ2n) is 7.97. The third-order valence-corrected chi connectivity index (χ3v) is 5.38. The molecule has 2 unspecified atom stereocenters. The van der Waals surface area contributed by atoms with Crippen molar-refractivity contribution in [3.63, 3.8) is 0 Å². The number of carbonyl (C=O) groups excluding carboxylic acids is 1. The Morgan fingerprint density at radius 2 is 1.81 bits per heavy atom. The number of hydrogen-bond acceptors (Lipinski definition) is 6. The molecule has 0 aliphatic carbocycles. The Kier molecular flexibility index (Phi) is 7.46. The molecule has 6 nitrogen and oxygen atoms in total. The summed E-state index contributed by atoms with van der Waals surface area (Å²) in [7, 11) is 0. The molecular weight excluding hydrogens is 404 g/mol. The predicted molar refractivity (Wildman–Crippen MR) is 121 cm³/mol. The summed E-state index contributed by atoms with van der Waals surface area (Å²) in [5.41, 5.74) is 2.50. The van der Waals surface area contributed by atoms with E-state index in [4.69, 9.17) is 14.2 Å². The van der Waals surface area contributed by atoms with Crippen molar-refractivity contribution in [3.8, 4) is 17.1 Å². The molecule has 1 aliphatic heterocycles. The first kappa shape index (κ1) is 22.0. The van der Waals surface area contributed by atoms with E-state index >= 15 is 0 Å². The normalized spacial score (nSPS) is 16.8. The Balaban J connectivity index is 1.26. The molecule has 1 aliphatic rings. The fraction of sp³-hybridized carbons (Fsp3) is 0.346. The largest absolute Gasteiger partial charge is 0.465 e. The highest BCUT2D eigenvalue weighted by atomic mass is 16.7. The van der Waals surface area contributed by atoms with Crippen molar-refractivity contribution in [2.45, 2.75) is 51.4 Å². The average Bonchev–Trinajstić information content (AvgIpc) is 2.85. The van der Waals surface area contributed by atoms with E-state index < -0.39 is 0 Å². The third kappa shape index (κ3) is 6.14. The predicted octanol–water partition coefficient (Wildman–Crippen LogP) is 5.23. The van der Waals surface area contributed by atoms with E-state index in [0.717, 1.165) is 49.2 Å². The third-order valence-electron chi connectivity index (χ3n) is 5.38. The number of ether oxygens (including phenoxy) is 3. The van der Waals surface area contributed by atoms with E-state index in [1.807, 2.05) is 61.8 Å². The number of rotatable bonds is 8. The second-order valence-corrected chi connectivity index (χ2v) is 7.97. The molecule has 0 spiro atoms. The monoisotopic (exact) mass is 432 g/mol. The van der Waals surface area contributed by atoms with Gasteiger partial charge in [0.1, 0.15) is 5.75 Å². The van der Waals surface area contributed by atoms with Crippen molar-refractivity contribution < 1.29 is 19.0 Å². The number of hydrogen-bond donors (Lipinski definition) is 0. The van der Waals surface area contributed by atoms with Gasteiger partial charge in [-0.25, -0.2) is 14.8 Å². The number of aryl methyl sites for hydroxylation is 1. The summed E-state index contributed by atoms with van der Waals surface area (Å²) in [6, 6.07) is 16.8. The highest BCUT2D eigenvalue weighted by molar-refractivity contribution is 5.89. The zero-order valence-corrected chi connectivity index (χ0v) is 18.3. The lowest BCUT2D eigenvalue weighted by atomic mass is 10.1. The minimum atomic E-state index is -0.299. The van der Waals surface area contributed by atoms with Gasteiger partial charge in [-0.2, -0.15) is 0 Å². The maximum Gasteiger partial charge on any atom is 0.338 e. The van der Waals surface area contributed by atoms with Crippen LogP contribution >= 0.6 is 0 Å². The summed E-state index contributed by atoms with van der Waals surface area (Å²) in [5, 5.41) is 0. The summed E-state index contributed by atoms with van der Waals surface area (Å²) < 4.78 is 17.0. The van der Waals surface area contributed by atoms with Gasteiger partial charge in [-0.3, -0.25) is 0 Å². The average molecular weight is 433 g/mol. The lowest BCUT2D eigenvalue weighted by molar-refractivity contribution is -0.105. The topological polar surface area (TPSA) is 70.5 Å². The van der Waals surface area contributed by atoms with Crippen molar-refractivity contribution in [1.82, 2.24) is 9.97 Å². The minimum absolute atomic E-state index is 0.153. The van der Waals surface area contributed by atoms with Crippen molar-refractivity contribution in [2.24, 2.45) is 0 Å². The maximum atomic E-state index is 12.1. The van der Waals surface area contributed by atoms with Gasteiger partial charge in [-0.1, -0.05) is 18.2 Å². The highest BCUT2D eigenvalue weighted by Crippen LogP contribution is 2.23. The van der Waals surface area contributed by atoms with Gasteiger partial charge in [0.2, 0.25) is 0 Å². The van der Waals surface area contributed by atoms with E-state index in [1.54, 1.807) is 12.1 Å². The van der Waals surface area contributed by atoms with E-state index in [1.165, 1.54) is 0 Å². The quantitative estimate of drug-likeness (QED) is 0.454. The summed E-state index contributed by atoms with van der Waals surface area (Å²) in [6.07, 6.45) is 7.91. The van der Waals surface area contributed by atoms with Gasteiger partial charge < -0.3 is 14.2 Å². The number of nitrogens with zero attached hydrogens (tertiary/aromatic N) is 2. The molecular formula is C26H28N2O4. The molecule has 166 valence electrons. The molecule has 1 fully saturated rings. The first-order chi connectivity index (χ1) is 15.7. The zero-order valence-electron chi connectivity index (χ0n) is 18.3. The zero-order chi connectivity index (χ0) is 22.2. The molecule has 0 amide bonds. The number of benzene rings is 2. The highest BCUT2D eigenvalue weighted by Gasteiger charge is 2.15. The van der Waals surface area contributed by atoms with Gasteiger partial charge in [0, 0.05) is 24.4 Å². The van der Waals surface area contributed by atoms with Crippen molar-refractivity contribution in [1.29, 1.82) is 0 Å². The number of aromatic nitrogens is 2. The molecule has 0 radical (unpaired) electrons. The van der Waals surface area contributed by atoms with E-state index in [0.29, 0.717) is 17.8 Å². The van der Waals surface area contributed by atoms with Gasteiger partial charge in [-0.05, 0) is 74.6 Å². The SMILES string of the molecule is CC(CCc1cnc(-c2ccc(OC3CCCCO3)cc2)nc1)OC(=O)c1ccccc1. The van der Waals surface area contributed by atoms with Gasteiger partial charge in [0.25, 0.3) is 0 Å². The van der Waals surface area contributed by atoms with Crippen molar-refractivity contribution in [3.05, 3.63) is 78.1 Å². The fourth-order valence-electron chi connectivity index (χ4n) is 3.53. The smallest absolute Gasteiger partial charge is 0.338 e. The molecule has 4 rings (SSSR count). The Hall–Kier alpha value is -3.25. The van der Waals surface area contributed by atoms with Gasteiger partial charge in [-0.15, -0.1) is 0 Å². The number of esters is 1. The minimum Gasteiger partial charge on any atom is -0.465 e.